The Kier molecular flexibility index (Phi) is 2.44. The Morgan fingerprint density at radius 1 is 1.41 bits per heavy atom. The summed E-state index contributed by atoms with van der Waals surface area (Å²) in [6, 6.07) is 7.74. The largest absolute Gasteiger partial charge is 0.496 e. The van der Waals surface area contributed by atoms with Crippen LogP contribution in [0.3, 0.4) is 0 Å². The Balaban J connectivity index is 1.94. The van der Waals surface area contributed by atoms with Crippen LogP contribution >= 0.6 is 11.8 Å². The van der Waals surface area contributed by atoms with E-state index in [0.29, 0.717) is 5.84 Å². The van der Waals surface area contributed by atoms with Crippen molar-refractivity contribution in [1.29, 1.82) is 0 Å². The Labute approximate surface area is 103 Å². The molecule has 0 aliphatic carbocycles. The van der Waals surface area contributed by atoms with Gasteiger partial charge in [0.05, 0.1) is 18.4 Å². The molecule has 0 unspecified atom stereocenters. The van der Waals surface area contributed by atoms with Gasteiger partial charge in [0.25, 0.3) is 5.24 Å². The lowest BCUT2D eigenvalue weighted by molar-refractivity contribution is 0.265. The first-order valence-corrected chi connectivity index (χ1v) is 6.11. The Morgan fingerprint density at radius 3 is 3.06 bits per heavy atom. The normalized spacial score (nSPS) is 25.9. The molecule has 1 fully saturated rings. The van der Waals surface area contributed by atoms with Gasteiger partial charge in [0.1, 0.15) is 11.6 Å². The van der Waals surface area contributed by atoms with Gasteiger partial charge in [0, 0.05) is 5.56 Å². The second-order valence-electron chi connectivity index (χ2n) is 3.80. The van der Waals surface area contributed by atoms with Gasteiger partial charge in [-0.25, -0.2) is 0 Å². The molecule has 0 bridgehead atoms. The summed E-state index contributed by atoms with van der Waals surface area (Å²) in [5.41, 5.74) is 4.06. The third-order valence-electron chi connectivity index (χ3n) is 2.83. The second kappa shape index (κ2) is 3.96. The number of hydrazone groups is 1. The summed E-state index contributed by atoms with van der Waals surface area (Å²) in [5.74, 6) is 1.51. The van der Waals surface area contributed by atoms with Crippen molar-refractivity contribution in [3.8, 4) is 5.75 Å². The first kappa shape index (κ1) is 10.5. The molecule has 88 valence electrons. The molecule has 0 saturated carbocycles. The molecule has 2 aliphatic rings. The first-order valence-electron chi connectivity index (χ1n) is 5.23. The zero-order chi connectivity index (χ0) is 11.8. The molecule has 1 aromatic rings. The van der Waals surface area contributed by atoms with E-state index in [9.17, 15) is 4.79 Å². The van der Waals surface area contributed by atoms with Crippen LogP contribution in [0.4, 0.5) is 4.79 Å². The molecule has 2 N–H and O–H groups in total. The number of hydrogen-bond acceptors (Lipinski definition) is 5. The highest BCUT2D eigenvalue weighted by Gasteiger charge is 2.42. The molecule has 3 rings (SSSR count). The van der Waals surface area contributed by atoms with Gasteiger partial charge < -0.3 is 10.1 Å². The number of para-hydroxylation sites is 1. The molecule has 6 heteroatoms. The summed E-state index contributed by atoms with van der Waals surface area (Å²) in [7, 11) is 1.64. The molecule has 1 amide bonds. The second-order valence-corrected chi connectivity index (χ2v) is 4.91. The number of ether oxygens (including phenoxy) is 1. The zero-order valence-electron chi connectivity index (χ0n) is 9.14. The number of carbonyl (C=O) groups excluding carboxylic acids is 1. The van der Waals surface area contributed by atoms with E-state index in [1.807, 2.05) is 24.3 Å². The highest BCUT2D eigenvalue weighted by atomic mass is 32.2. The smallest absolute Gasteiger partial charge is 0.285 e. The molecule has 5 nitrogen and oxygen atoms in total. The predicted octanol–water partition coefficient (Wildman–Crippen LogP) is 1.48. The van der Waals surface area contributed by atoms with Crippen LogP contribution in [0.2, 0.25) is 0 Å². The number of methoxy groups -OCH3 is 1. The maximum Gasteiger partial charge on any atom is 0.285 e. The van der Waals surface area contributed by atoms with Crippen molar-refractivity contribution >= 4 is 22.8 Å². The topological polar surface area (TPSA) is 62.7 Å². The number of fused-ring (bicyclic) bond motifs is 1. The van der Waals surface area contributed by atoms with Crippen molar-refractivity contribution in [3.05, 3.63) is 29.8 Å². The van der Waals surface area contributed by atoms with Crippen molar-refractivity contribution < 1.29 is 9.53 Å². The van der Waals surface area contributed by atoms with Crippen LogP contribution in [0.5, 0.6) is 5.75 Å². The molecule has 1 saturated heterocycles. The van der Waals surface area contributed by atoms with Crippen molar-refractivity contribution in [2.75, 3.05) is 7.11 Å². The van der Waals surface area contributed by atoms with E-state index in [-0.39, 0.29) is 16.5 Å². The SMILES string of the molecule is COc1ccccc1[C@@H]1NN=C2NC(=O)S[C@H]21. The van der Waals surface area contributed by atoms with Gasteiger partial charge in [0.2, 0.25) is 0 Å². The molecule has 0 radical (unpaired) electrons. The third-order valence-corrected chi connectivity index (χ3v) is 3.90. The maximum absolute atomic E-state index is 11.3. The minimum Gasteiger partial charge on any atom is -0.496 e. The lowest BCUT2D eigenvalue weighted by Crippen LogP contribution is -2.25. The van der Waals surface area contributed by atoms with E-state index in [1.165, 1.54) is 11.8 Å². The Morgan fingerprint density at radius 2 is 2.24 bits per heavy atom. The molecular weight excluding hydrogens is 238 g/mol. The molecule has 2 atom stereocenters. The van der Waals surface area contributed by atoms with Crippen LogP contribution in [0, 0.1) is 0 Å². The van der Waals surface area contributed by atoms with E-state index in [2.05, 4.69) is 15.8 Å². The molecule has 2 heterocycles. The monoisotopic (exact) mass is 249 g/mol. The first-order chi connectivity index (χ1) is 8.29. The molecule has 0 spiro atoms. The molecular formula is C11H11N3O2S. The molecule has 1 aromatic carbocycles. The van der Waals surface area contributed by atoms with Gasteiger partial charge in [-0.3, -0.25) is 10.2 Å². The van der Waals surface area contributed by atoms with E-state index in [4.69, 9.17) is 4.74 Å². The van der Waals surface area contributed by atoms with Gasteiger partial charge in [-0.15, -0.1) is 0 Å². The minimum absolute atomic E-state index is 0.0128. The average molecular weight is 249 g/mol. The fourth-order valence-electron chi connectivity index (χ4n) is 2.06. The van der Waals surface area contributed by atoms with E-state index >= 15 is 0 Å². The quantitative estimate of drug-likeness (QED) is 0.833. The summed E-state index contributed by atoms with van der Waals surface area (Å²) in [6.45, 7) is 0. The van der Waals surface area contributed by atoms with Crippen molar-refractivity contribution in [2.45, 2.75) is 11.3 Å². The van der Waals surface area contributed by atoms with Crippen LogP contribution < -0.4 is 15.5 Å². The Bertz CT molecular complexity index is 503. The number of hydrogen-bond donors (Lipinski definition) is 2. The van der Waals surface area contributed by atoms with Crippen molar-refractivity contribution in [3.63, 3.8) is 0 Å². The fraction of sp³-hybridized carbons (Fsp3) is 0.273. The van der Waals surface area contributed by atoms with Gasteiger partial charge in [-0.05, 0) is 6.07 Å². The molecule has 0 aromatic heterocycles. The van der Waals surface area contributed by atoms with Crippen LogP contribution in [0.15, 0.2) is 29.4 Å². The molecule has 17 heavy (non-hydrogen) atoms. The number of carbonyl (C=O) groups is 1. The number of amidine groups is 1. The average Bonchev–Trinajstić information content (AvgIpc) is 2.87. The highest BCUT2D eigenvalue weighted by Crippen LogP contribution is 2.38. The molecule has 2 aliphatic heterocycles. The third kappa shape index (κ3) is 1.64. The van der Waals surface area contributed by atoms with Crippen LogP contribution in [0.25, 0.3) is 0 Å². The maximum atomic E-state index is 11.3. The van der Waals surface area contributed by atoms with Gasteiger partial charge >= 0.3 is 0 Å². The minimum atomic E-state index is -0.0462. The van der Waals surface area contributed by atoms with Crippen LogP contribution in [-0.4, -0.2) is 23.4 Å². The summed E-state index contributed by atoms with van der Waals surface area (Å²) >= 11 is 1.26. The van der Waals surface area contributed by atoms with E-state index < -0.39 is 0 Å². The lowest BCUT2D eigenvalue weighted by Gasteiger charge is -2.17. The summed E-state index contributed by atoms with van der Waals surface area (Å²) in [6.07, 6.45) is 0. The van der Waals surface area contributed by atoms with Crippen LogP contribution in [-0.2, 0) is 0 Å². The van der Waals surface area contributed by atoms with Crippen molar-refractivity contribution in [2.24, 2.45) is 5.10 Å². The number of nitrogens with zero attached hydrogens (tertiary/aromatic N) is 1. The van der Waals surface area contributed by atoms with Crippen LogP contribution in [0.1, 0.15) is 11.6 Å². The predicted molar refractivity (Wildman–Crippen MR) is 66.2 cm³/mol. The Hall–Kier alpha value is -1.69. The summed E-state index contributed by atoms with van der Waals surface area (Å²) in [4.78, 5) is 11.3. The number of rotatable bonds is 2. The number of amides is 1. The zero-order valence-corrected chi connectivity index (χ0v) is 9.95. The van der Waals surface area contributed by atoms with Gasteiger partial charge in [-0.2, -0.15) is 5.10 Å². The van der Waals surface area contributed by atoms with E-state index in [1.54, 1.807) is 7.11 Å². The van der Waals surface area contributed by atoms with Gasteiger partial charge in [-0.1, -0.05) is 30.0 Å². The lowest BCUT2D eigenvalue weighted by atomic mass is 10.0. The number of thioether (sulfide) groups is 1. The van der Waals surface area contributed by atoms with E-state index in [0.717, 1.165) is 11.3 Å². The fourth-order valence-corrected chi connectivity index (χ4v) is 3.02. The van der Waals surface area contributed by atoms with Crippen molar-refractivity contribution in [1.82, 2.24) is 10.7 Å². The summed E-state index contributed by atoms with van der Waals surface area (Å²) in [5, 5.41) is 6.83. The van der Waals surface area contributed by atoms with Gasteiger partial charge in [0.15, 0.2) is 0 Å². The summed E-state index contributed by atoms with van der Waals surface area (Å²) < 4.78 is 5.33. The highest BCUT2D eigenvalue weighted by molar-refractivity contribution is 8.15. The number of benzene rings is 1. The number of nitrogens with one attached hydrogen (secondary N) is 2. The standard InChI is InChI=1S/C11H11N3O2S/c1-16-7-5-3-2-4-6(7)8-9-10(14-13-8)12-11(15)17-9/h2-5,8-9,13H,1H3,(H,12,14,15)/t8-,9-/m0/s1.